The molecule has 3 N–H and O–H groups in total. The molecule has 166 valence electrons. The summed E-state index contributed by atoms with van der Waals surface area (Å²) in [5.74, 6) is 0.129. The molecule has 0 aliphatic carbocycles. The maximum atomic E-state index is 12.9. The van der Waals surface area contributed by atoms with E-state index in [9.17, 15) is 14.7 Å². The molecule has 1 aliphatic heterocycles. The molecule has 8 nitrogen and oxygen atoms in total. The molecule has 2 amide bonds. The van der Waals surface area contributed by atoms with Crippen LogP contribution in [0.5, 0.6) is 17.2 Å². The van der Waals surface area contributed by atoms with Gasteiger partial charge in [0.2, 0.25) is 6.79 Å². The average molecular weight is 508 g/mol. The number of nitrogens with zero attached hydrogens (tertiary/aromatic N) is 1. The third-order valence-corrected chi connectivity index (χ3v) is 5.31. The number of fused-ring (bicyclic) bond motifs is 1. The van der Waals surface area contributed by atoms with E-state index in [0.29, 0.717) is 32.7 Å². The van der Waals surface area contributed by atoms with Gasteiger partial charge in [-0.3, -0.25) is 9.59 Å². The van der Waals surface area contributed by atoms with Gasteiger partial charge in [-0.15, -0.1) is 0 Å². The third-order valence-electron chi connectivity index (χ3n) is 4.59. The number of phenols is 1. The topological polar surface area (TPSA) is 109 Å². The monoisotopic (exact) mass is 507 g/mol. The number of amides is 2. The summed E-state index contributed by atoms with van der Waals surface area (Å²) in [6.07, 6.45) is 2.89. The van der Waals surface area contributed by atoms with E-state index in [2.05, 4.69) is 31.8 Å². The van der Waals surface area contributed by atoms with Crippen molar-refractivity contribution in [1.82, 2.24) is 10.7 Å². The van der Waals surface area contributed by atoms with Crippen molar-refractivity contribution in [3.05, 3.63) is 93.6 Å². The van der Waals surface area contributed by atoms with Gasteiger partial charge in [0.05, 0.1) is 6.21 Å². The molecule has 33 heavy (non-hydrogen) atoms. The Morgan fingerprint density at radius 1 is 1.00 bits per heavy atom. The molecule has 0 unspecified atom stereocenters. The molecule has 1 heterocycles. The lowest BCUT2D eigenvalue weighted by molar-refractivity contribution is -0.117. The number of hydrogen-bond acceptors (Lipinski definition) is 6. The normalized spacial score (nSPS) is 12.6. The van der Waals surface area contributed by atoms with E-state index in [-0.39, 0.29) is 18.2 Å². The van der Waals surface area contributed by atoms with E-state index in [1.165, 1.54) is 24.4 Å². The Balaban J connectivity index is 1.57. The van der Waals surface area contributed by atoms with Crippen LogP contribution in [0.3, 0.4) is 0 Å². The van der Waals surface area contributed by atoms with Gasteiger partial charge < -0.3 is 19.9 Å². The molecule has 0 aromatic heterocycles. The molecule has 0 saturated carbocycles. The molecule has 0 spiro atoms. The number of benzene rings is 3. The number of aromatic hydroxyl groups is 1. The lowest BCUT2D eigenvalue weighted by Crippen LogP contribution is -2.32. The molecule has 4 rings (SSSR count). The Morgan fingerprint density at radius 3 is 2.61 bits per heavy atom. The van der Waals surface area contributed by atoms with Gasteiger partial charge in [-0.25, -0.2) is 5.43 Å². The van der Waals surface area contributed by atoms with Crippen LogP contribution in [-0.4, -0.2) is 29.9 Å². The Bertz CT molecular complexity index is 1260. The van der Waals surface area contributed by atoms with Crippen LogP contribution in [0.1, 0.15) is 21.5 Å². The number of ether oxygens (including phenoxy) is 2. The van der Waals surface area contributed by atoms with E-state index in [1.54, 1.807) is 54.6 Å². The number of hydrogen-bond donors (Lipinski definition) is 3. The Kier molecular flexibility index (Phi) is 6.70. The van der Waals surface area contributed by atoms with Crippen molar-refractivity contribution in [2.75, 3.05) is 6.79 Å². The minimum atomic E-state index is -0.635. The number of rotatable bonds is 6. The summed E-state index contributed by atoms with van der Waals surface area (Å²) in [5, 5.41) is 16.2. The van der Waals surface area contributed by atoms with Crippen molar-refractivity contribution in [3.63, 3.8) is 0 Å². The van der Waals surface area contributed by atoms with Gasteiger partial charge in [-0.2, -0.15) is 5.10 Å². The summed E-state index contributed by atoms with van der Waals surface area (Å²) < 4.78 is 11.4. The van der Waals surface area contributed by atoms with Crippen molar-refractivity contribution in [2.24, 2.45) is 5.10 Å². The second-order valence-electron chi connectivity index (χ2n) is 6.90. The van der Waals surface area contributed by atoms with E-state index >= 15 is 0 Å². The highest BCUT2D eigenvalue weighted by molar-refractivity contribution is 9.10. The van der Waals surface area contributed by atoms with E-state index in [0.717, 1.165) is 0 Å². The molecule has 0 saturated heterocycles. The summed E-state index contributed by atoms with van der Waals surface area (Å²) in [6, 6.07) is 18.4. The third kappa shape index (κ3) is 5.58. The Hall–Kier alpha value is -4.11. The van der Waals surface area contributed by atoms with Crippen molar-refractivity contribution in [2.45, 2.75) is 0 Å². The maximum absolute atomic E-state index is 12.9. The van der Waals surface area contributed by atoms with Gasteiger partial charge in [0.1, 0.15) is 11.4 Å². The van der Waals surface area contributed by atoms with Gasteiger partial charge >= 0.3 is 0 Å². The summed E-state index contributed by atoms with van der Waals surface area (Å²) in [7, 11) is 0. The molecule has 0 atom stereocenters. The fourth-order valence-electron chi connectivity index (χ4n) is 2.96. The second kappa shape index (κ2) is 10.0. The van der Waals surface area contributed by atoms with E-state index in [1.807, 2.05) is 0 Å². The van der Waals surface area contributed by atoms with Crippen molar-refractivity contribution < 1.29 is 24.2 Å². The first-order valence-corrected chi connectivity index (χ1v) is 10.6. The summed E-state index contributed by atoms with van der Waals surface area (Å²) >= 11 is 3.35. The standard InChI is InChI=1S/C24H18BrN3O5/c25-19-8-7-18(29)12-17(19)13-26-28-24(31)20(27-23(30)16-4-2-1-3-5-16)10-15-6-9-21-22(11-15)33-14-32-21/h1-13,29H,14H2,(H,27,30)(H,28,31). The molecular formula is C24H18BrN3O5. The first-order valence-electron chi connectivity index (χ1n) is 9.79. The number of phenolic OH excluding ortho intramolecular Hbond substituents is 1. The minimum Gasteiger partial charge on any atom is -0.508 e. The van der Waals surface area contributed by atoms with Crippen molar-refractivity contribution in [1.29, 1.82) is 0 Å². The smallest absolute Gasteiger partial charge is 0.287 e. The fraction of sp³-hybridized carbons (Fsp3) is 0.0417. The first kappa shape index (κ1) is 22.1. The minimum absolute atomic E-state index is 0.0187. The first-order chi connectivity index (χ1) is 16.0. The van der Waals surface area contributed by atoms with Gasteiger partial charge in [-0.1, -0.05) is 40.2 Å². The number of carbonyl (C=O) groups excluding carboxylic acids is 2. The lowest BCUT2D eigenvalue weighted by atomic mass is 10.1. The Labute approximate surface area is 197 Å². The maximum Gasteiger partial charge on any atom is 0.287 e. The van der Waals surface area contributed by atoms with Crippen molar-refractivity contribution in [3.8, 4) is 17.2 Å². The number of carbonyl (C=O) groups is 2. The molecule has 0 radical (unpaired) electrons. The van der Waals surface area contributed by atoms with E-state index < -0.39 is 11.8 Å². The summed E-state index contributed by atoms with van der Waals surface area (Å²) in [4.78, 5) is 25.5. The number of nitrogens with one attached hydrogen (secondary N) is 2. The molecule has 3 aromatic rings. The van der Waals surface area contributed by atoms with Crippen LogP contribution in [0.4, 0.5) is 0 Å². The highest BCUT2D eigenvalue weighted by atomic mass is 79.9. The SMILES string of the molecule is O=C(NN=Cc1cc(O)ccc1Br)C(=Cc1ccc2c(c1)OCO2)NC(=O)c1ccccc1. The van der Waals surface area contributed by atoms with E-state index in [4.69, 9.17) is 9.47 Å². The van der Waals surface area contributed by atoms with Crippen LogP contribution in [0.2, 0.25) is 0 Å². The van der Waals surface area contributed by atoms with Crippen molar-refractivity contribution >= 4 is 40.0 Å². The van der Waals surface area contributed by atoms with Crippen LogP contribution in [0.25, 0.3) is 6.08 Å². The zero-order valence-corrected chi connectivity index (χ0v) is 18.7. The molecule has 0 bridgehead atoms. The highest BCUT2D eigenvalue weighted by Crippen LogP contribution is 2.33. The molecular weight excluding hydrogens is 490 g/mol. The zero-order chi connectivity index (χ0) is 23.2. The summed E-state index contributed by atoms with van der Waals surface area (Å²) in [6.45, 7) is 0.125. The fourth-order valence-corrected chi connectivity index (χ4v) is 3.31. The molecule has 0 fully saturated rings. The predicted molar refractivity (Wildman–Crippen MR) is 126 cm³/mol. The largest absolute Gasteiger partial charge is 0.508 e. The number of halogens is 1. The van der Waals surface area contributed by atoms with Crippen LogP contribution in [0.15, 0.2) is 82.0 Å². The van der Waals surface area contributed by atoms with Crippen LogP contribution >= 0.6 is 15.9 Å². The average Bonchev–Trinajstić information content (AvgIpc) is 3.29. The quantitative estimate of drug-likeness (QED) is 0.267. The van der Waals surface area contributed by atoms with Gasteiger partial charge in [0.25, 0.3) is 11.8 Å². The molecule has 9 heteroatoms. The van der Waals surface area contributed by atoms with Crippen LogP contribution in [0, 0.1) is 0 Å². The van der Waals surface area contributed by atoms with Gasteiger partial charge in [0, 0.05) is 15.6 Å². The van der Waals surface area contributed by atoms with Gasteiger partial charge in [0.15, 0.2) is 11.5 Å². The van der Waals surface area contributed by atoms with Gasteiger partial charge in [-0.05, 0) is 54.1 Å². The molecule has 1 aliphatic rings. The van der Waals surface area contributed by atoms with Crippen LogP contribution in [-0.2, 0) is 4.79 Å². The zero-order valence-electron chi connectivity index (χ0n) is 17.1. The van der Waals surface area contributed by atoms with Crippen LogP contribution < -0.4 is 20.2 Å². The lowest BCUT2D eigenvalue weighted by Gasteiger charge is -2.09. The molecule has 3 aromatic carbocycles. The second-order valence-corrected chi connectivity index (χ2v) is 7.75. The summed E-state index contributed by atoms with van der Waals surface area (Å²) in [5.41, 5.74) is 3.96. The Morgan fingerprint density at radius 2 is 1.79 bits per heavy atom. The highest BCUT2D eigenvalue weighted by Gasteiger charge is 2.17. The number of hydrazone groups is 1. The predicted octanol–water partition coefficient (Wildman–Crippen LogP) is 3.80.